The summed E-state index contributed by atoms with van der Waals surface area (Å²) in [5, 5.41) is 0.582. The molecular formula is C18H23ClN2O2S. The maximum Gasteiger partial charge on any atom is 0.308 e. The molecule has 0 radical (unpaired) electrons. The van der Waals surface area contributed by atoms with Crippen LogP contribution in [0.1, 0.15) is 39.0 Å². The molecule has 2 heterocycles. The van der Waals surface area contributed by atoms with Crippen LogP contribution in [0.5, 0.6) is 0 Å². The maximum absolute atomic E-state index is 12.6. The second-order valence-electron chi connectivity index (χ2n) is 6.53. The Morgan fingerprint density at radius 2 is 2.08 bits per heavy atom. The number of hydrogen-bond acceptors (Lipinski definition) is 3. The van der Waals surface area contributed by atoms with Gasteiger partial charge in [0.1, 0.15) is 6.54 Å². The standard InChI is InChI=1S/C18H23ClN2O2S/c1-2-3-4-13-7-9-20(10-8-13)17(22)12-21-15-11-14(19)5-6-16(15)24-18(21)23/h5-6,11,13H,2-4,7-10,12H2,1H3. The first kappa shape index (κ1) is 17.5. The summed E-state index contributed by atoms with van der Waals surface area (Å²) in [4.78, 5) is 26.6. The fourth-order valence-electron chi connectivity index (χ4n) is 3.38. The zero-order chi connectivity index (χ0) is 17.1. The Labute approximate surface area is 151 Å². The molecule has 1 saturated heterocycles. The third-order valence-corrected chi connectivity index (χ3v) is 6.05. The fourth-order valence-corrected chi connectivity index (χ4v) is 4.42. The SMILES string of the molecule is CCCCC1CCN(C(=O)Cn2c(=O)sc3ccc(Cl)cc32)CC1. The van der Waals surface area contributed by atoms with E-state index in [4.69, 9.17) is 11.6 Å². The van der Waals surface area contributed by atoms with Crippen molar-refractivity contribution in [3.63, 3.8) is 0 Å². The molecule has 1 fully saturated rings. The molecule has 0 aliphatic carbocycles. The number of carbonyl (C=O) groups is 1. The Morgan fingerprint density at radius 1 is 1.33 bits per heavy atom. The Morgan fingerprint density at radius 3 is 2.79 bits per heavy atom. The van der Waals surface area contributed by atoms with Gasteiger partial charge in [-0.15, -0.1) is 0 Å². The van der Waals surface area contributed by atoms with E-state index in [0.717, 1.165) is 53.4 Å². The normalized spacial score (nSPS) is 16.0. The molecule has 4 nitrogen and oxygen atoms in total. The Bertz CT molecular complexity index is 775. The zero-order valence-electron chi connectivity index (χ0n) is 14.0. The molecule has 2 aromatic rings. The molecule has 0 saturated carbocycles. The molecular weight excluding hydrogens is 344 g/mol. The lowest BCUT2D eigenvalue weighted by Gasteiger charge is -2.32. The minimum absolute atomic E-state index is 0.0331. The van der Waals surface area contributed by atoms with E-state index in [1.807, 2.05) is 11.0 Å². The number of hydrogen-bond donors (Lipinski definition) is 0. The Hall–Kier alpha value is -1.33. The lowest BCUT2D eigenvalue weighted by Crippen LogP contribution is -2.41. The molecule has 0 unspecified atom stereocenters. The number of rotatable bonds is 5. The van der Waals surface area contributed by atoms with E-state index >= 15 is 0 Å². The first-order chi connectivity index (χ1) is 11.6. The van der Waals surface area contributed by atoms with E-state index in [1.165, 1.54) is 19.3 Å². The van der Waals surface area contributed by atoms with Crippen molar-refractivity contribution in [3.05, 3.63) is 32.9 Å². The van der Waals surface area contributed by atoms with Crippen LogP contribution in [0.15, 0.2) is 23.0 Å². The summed E-state index contributed by atoms with van der Waals surface area (Å²) >= 11 is 7.20. The van der Waals surface area contributed by atoms with Crippen molar-refractivity contribution in [1.82, 2.24) is 9.47 Å². The monoisotopic (exact) mass is 366 g/mol. The van der Waals surface area contributed by atoms with Gasteiger partial charge in [0.05, 0.1) is 10.2 Å². The smallest absolute Gasteiger partial charge is 0.308 e. The predicted octanol–water partition coefficient (Wildman–Crippen LogP) is 4.15. The predicted molar refractivity (Wildman–Crippen MR) is 99.9 cm³/mol. The Kier molecular flexibility index (Phi) is 5.61. The molecule has 1 aliphatic heterocycles. The van der Waals surface area contributed by atoms with Crippen LogP contribution < -0.4 is 4.87 Å². The number of nitrogens with zero attached hydrogens (tertiary/aromatic N) is 2. The molecule has 0 atom stereocenters. The van der Waals surface area contributed by atoms with Crippen LogP contribution in [-0.2, 0) is 11.3 Å². The highest BCUT2D eigenvalue weighted by Gasteiger charge is 2.23. The molecule has 0 spiro atoms. The molecule has 1 aromatic heterocycles. The first-order valence-electron chi connectivity index (χ1n) is 8.65. The highest BCUT2D eigenvalue weighted by Crippen LogP contribution is 2.24. The summed E-state index contributed by atoms with van der Waals surface area (Å²) in [5.74, 6) is 0.781. The summed E-state index contributed by atoms with van der Waals surface area (Å²) in [5.41, 5.74) is 0.753. The van der Waals surface area contributed by atoms with Crippen molar-refractivity contribution < 1.29 is 4.79 Å². The molecule has 0 bridgehead atoms. The number of likely N-dealkylation sites (tertiary alicyclic amines) is 1. The number of fused-ring (bicyclic) bond motifs is 1. The average molecular weight is 367 g/mol. The van der Waals surface area contributed by atoms with E-state index in [1.54, 1.807) is 16.7 Å². The van der Waals surface area contributed by atoms with Gasteiger partial charge in [0.15, 0.2) is 0 Å². The second-order valence-corrected chi connectivity index (χ2v) is 7.96. The van der Waals surface area contributed by atoms with Crippen LogP contribution in [0.25, 0.3) is 10.2 Å². The van der Waals surface area contributed by atoms with Gasteiger partial charge < -0.3 is 4.90 Å². The third-order valence-electron chi connectivity index (χ3n) is 4.86. The molecule has 1 amide bonds. The van der Waals surface area contributed by atoms with Gasteiger partial charge in [-0.05, 0) is 37.0 Å². The quantitative estimate of drug-likeness (QED) is 0.797. The summed E-state index contributed by atoms with van der Waals surface area (Å²) in [6.07, 6.45) is 5.94. The van der Waals surface area contributed by atoms with Crippen molar-refractivity contribution in [2.45, 2.75) is 45.6 Å². The van der Waals surface area contributed by atoms with Gasteiger partial charge in [0.25, 0.3) is 0 Å². The van der Waals surface area contributed by atoms with Crippen LogP contribution in [0.2, 0.25) is 5.02 Å². The minimum Gasteiger partial charge on any atom is -0.341 e. The number of amides is 1. The lowest BCUT2D eigenvalue weighted by molar-refractivity contribution is -0.133. The Balaban J connectivity index is 1.67. The van der Waals surface area contributed by atoms with Gasteiger partial charge in [-0.25, -0.2) is 0 Å². The van der Waals surface area contributed by atoms with Crippen molar-refractivity contribution in [2.24, 2.45) is 5.92 Å². The van der Waals surface area contributed by atoms with Crippen LogP contribution in [0, 0.1) is 5.92 Å². The van der Waals surface area contributed by atoms with Crippen LogP contribution >= 0.6 is 22.9 Å². The van der Waals surface area contributed by atoms with Crippen molar-refractivity contribution >= 4 is 39.1 Å². The van der Waals surface area contributed by atoms with E-state index in [2.05, 4.69) is 6.92 Å². The largest absolute Gasteiger partial charge is 0.341 e. The van der Waals surface area contributed by atoms with E-state index in [0.29, 0.717) is 5.02 Å². The van der Waals surface area contributed by atoms with E-state index in [9.17, 15) is 9.59 Å². The maximum atomic E-state index is 12.6. The van der Waals surface area contributed by atoms with Crippen molar-refractivity contribution in [2.75, 3.05) is 13.1 Å². The highest BCUT2D eigenvalue weighted by molar-refractivity contribution is 7.16. The van der Waals surface area contributed by atoms with Crippen molar-refractivity contribution in [3.8, 4) is 0 Å². The second kappa shape index (κ2) is 7.70. The van der Waals surface area contributed by atoms with Crippen LogP contribution in [-0.4, -0.2) is 28.5 Å². The molecule has 1 aliphatic rings. The van der Waals surface area contributed by atoms with E-state index in [-0.39, 0.29) is 17.3 Å². The lowest BCUT2D eigenvalue weighted by atomic mass is 9.91. The minimum atomic E-state index is -0.0987. The molecule has 24 heavy (non-hydrogen) atoms. The van der Waals surface area contributed by atoms with Gasteiger partial charge in [-0.2, -0.15) is 0 Å². The van der Waals surface area contributed by atoms with Gasteiger partial charge in [0.2, 0.25) is 5.91 Å². The number of halogens is 1. The summed E-state index contributed by atoms with van der Waals surface area (Å²) < 4.78 is 2.42. The topological polar surface area (TPSA) is 42.3 Å². The van der Waals surface area contributed by atoms with E-state index < -0.39 is 0 Å². The first-order valence-corrected chi connectivity index (χ1v) is 9.84. The molecule has 130 valence electrons. The molecule has 6 heteroatoms. The van der Waals surface area contributed by atoms with Crippen molar-refractivity contribution in [1.29, 1.82) is 0 Å². The number of aromatic nitrogens is 1. The van der Waals surface area contributed by atoms with Gasteiger partial charge in [-0.1, -0.05) is 49.1 Å². The number of benzene rings is 1. The summed E-state index contributed by atoms with van der Waals surface area (Å²) in [7, 11) is 0. The molecule has 1 aromatic carbocycles. The van der Waals surface area contributed by atoms with Crippen LogP contribution in [0.3, 0.4) is 0 Å². The number of unbranched alkanes of at least 4 members (excludes halogenated alkanes) is 1. The zero-order valence-corrected chi connectivity index (χ0v) is 15.5. The number of piperidine rings is 1. The van der Waals surface area contributed by atoms with Crippen LogP contribution in [0.4, 0.5) is 0 Å². The van der Waals surface area contributed by atoms with Gasteiger partial charge in [0, 0.05) is 18.1 Å². The molecule has 0 N–H and O–H groups in total. The van der Waals surface area contributed by atoms with Gasteiger partial charge in [-0.3, -0.25) is 14.2 Å². The van der Waals surface area contributed by atoms with Gasteiger partial charge >= 0.3 is 4.87 Å². The fraction of sp³-hybridized carbons (Fsp3) is 0.556. The summed E-state index contributed by atoms with van der Waals surface area (Å²) in [6, 6.07) is 5.37. The summed E-state index contributed by atoms with van der Waals surface area (Å²) in [6.45, 7) is 3.95. The third kappa shape index (κ3) is 3.83. The average Bonchev–Trinajstić information content (AvgIpc) is 2.88. The number of thiazole rings is 1. The molecule has 3 rings (SSSR count). The number of carbonyl (C=O) groups excluding carboxylic acids is 1. The highest BCUT2D eigenvalue weighted by atomic mass is 35.5.